The Morgan fingerprint density at radius 3 is 2.52 bits per heavy atom. The number of anilines is 2. The number of nitrogens with two attached hydrogens (primary N) is 1. The molecule has 1 heterocycles. The van der Waals surface area contributed by atoms with Gasteiger partial charge in [-0.25, -0.2) is 4.98 Å². The molecule has 0 spiro atoms. The van der Waals surface area contributed by atoms with Crippen LogP contribution in [0.15, 0.2) is 30.5 Å². The van der Waals surface area contributed by atoms with Crippen LogP contribution < -0.4 is 20.5 Å². The average molecular weight is 287 g/mol. The topological polar surface area (TPSA) is 86.5 Å². The molecule has 110 valence electrons. The van der Waals surface area contributed by atoms with Crippen LogP contribution in [-0.2, 0) is 0 Å². The lowest BCUT2D eigenvalue weighted by Gasteiger charge is -2.11. The maximum Gasteiger partial charge on any atom is 0.256 e. The van der Waals surface area contributed by atoms with Gasteiger partial charge in [0.05, 0.1) is 26.1 Å². The molecule has 0 unspecified atom stereocenters. The predicted octanol–water partition coefficient (Wildman–Crippen LogP) is 2.24. The van der Waals surface area contributed by atoms with Gasteiger partial charge in [0.2, 0.25) is 0 Å². The highest BCUT2D eigenvalue weighted by atomic mass is 16.5. The number of methoxy groups -OCH3 is 2. The Balaban J connectivity index is 2.24. The molecule has 0 aliphatic carbocycles. The van der Waals surface area contributed by atoms with Crippen LogP contribution in [0.4, 0.5) is 11.5 Å². The Morgan fingerprint density at radius 2 is 1.90 bits per heavy atom. The summed E-state index contributed by atoms with van der Waals surface area (Å²) in [4.78, 5) is 16.3. The Kier molecular flexibility index (Phi) is 4.27. The molecule has 2 rings (SSSR count). The number of hydrogen-bond acceptors (Lipinski definition) is 5. The standard InChI is InChI=1S/C15H17N3O3/c1-9-6-11(16)8-17-14(9)18-15(19)10-4-5-12(20-2)13(7-10)21-3/h4-8H,16H2,1-3H3,(H,17,18,19). The van der Waals surface area contributed by atoms with E-state index in [1.54, 1.807) is 31.4 Å². The summed E-state index contributed by atoms with van der Waals surface area (Å²) >= 11 is 0. The summed E-state index contributed by atoms with van der Waals surface area (Å²) in [6.45, 7) is 1.83. The minimum atomic E-state index is -0.281. The van der Waals surface area contributed by atoms with Crippen molar-refractivity contribution < 1.29 is 14.3 Å². The van der Waals surface area contributed by atoms with Crippen LogP contribution in [0.2, 0.25) is 0 Å². The van der Waals surface area contributed by atoms with E-state index in [0.29, 0.717) is 28.6 Å². The smallest absolute Gasteiger partial charge is 0.256 e. The van der Waals surface area contributed by atoms with E-state index in [-0.39, 0.29) is 5.91 Å². The molecule has 1 aromatic carbocycles. The fourth-order valence-corrected chi connectivity index (χ4v) is 1.88. The molecule has 0 aliphatic heterocycles. The van der Waals surface area contributed by atoms with Crippen LogP contribution in [0.1, 0.15) is 15.9 Å². The van der Waals surface area contributed by atoms with Crippen molar-refractivity contribution >= 4 is 17.4 Å². The maximum atomic E-state index is 12.2. The second-order valence-corrected chi connectivity index (χ2v) is 4.46. The van der Waals surface area contributed by atoms with Crippen LogP contribution in [0.3, 0.4) is 0 Å². The molecule has 0 bridgehead atoms. The lowest BCUT2D eigenvalue weighted by atomic mass is 10.2. The fraction of sp³-hybridized carbons (Fsp3) is 0.200. The molecule has 1 aromatic heterocycles. The first-order chi connectivity index (χ1) is 10.0. The summed E-state index contributed by atoms with van der Waals surface area (Å²) in [6.07, 6.45) is 1.50. The largest absolute Gasteiger partial charge is 0.493 e. The van der Waals surface area contributed by atoms with Crippen molar-refractivity contribution in [1.82, 2.24) is 4.98 Å². The van der Waals surface area contributed by atoms with Gasteiger partial charge in [-0.05, 0) is 36.8 Å². The lowest BCUT2D eigenvalue weighted by Crippen LogP contribution is -2.14. The number of amides is 1. The second-order valence-electron chi connectivity index (χ2n) is 4.46. The molecule has 0 aliphatic rings. The van der Waals surface area contributed by atoms with Gasteiger partial charge in [-0.3, -0.25) is 4.79 Å². The summed E-state index contributed by atoms with van der Waals surface area (Å²) in [6, 6.07) is 6.69. The molecular formula is C15H17N3O3. The number of ether oxygens (including phenoxy) is 2. The summed E-state index contributed by atoms with van der Waals surface area (Å²) in [5.41, 5.74) is 7.43. The van der Waals surface area contributed by atoms with Gasteiger partial charge in [-0.2, -0.15) is 0 Å². The van der Waals surface area contributed by atoms with Gasteiger partial charge in [0.25, 0.3) is 5.91 Å². The molecule has 3 N–H and O–H groups in total. The van der Waals surface area contributed by atoms with Crippen LogP contribution in [-0.4, -0.2) is 25.1 Å². The van der Waals surface area contributed by atoms with Gasteiger partial charge in [0, 0.05) is 5.56 Å². The lowest BCUT2D eigenvalue weighted by molar-refractivity contribution is 0.102. The van der Waals surface area contributed by atoms with E-state index in [0.717, 1.165) is 5.56 Å². The summed E-state index contributed by atoms with van der Waals surface area (Å²) < 4.78 is 10.3. The third-order valence-corrected chi connectivity index (χ3v) is 2.98. The predicted molar refractivity (Wildman–Crippen MR) is 80.9 cm³/mol. The molecule has 21 heavy (non-hydrogen) atoms. The van der Waals surface area contributed by atoms with Crippen LogP contribution in [0.25, 0.3) is 0 Å². The number of carbonyl (C=O) groups is 1. The first-order valence-corrected chi connectivity index (χ1v) is 6.30. The Bertz CT molecular complexity index is 671. The minimum Gasteiger partial charge on any atom is -0.493 e. The quantitative estimate of drug-likeness (QED) is 0.900. The molecule has 6 heteroatoms. The molecule has 6 nitrogen and oxygen atoms in total. The zero-order valence-corrected chi connectivity index (χ0v) is 12.1. The van der Waals surface area contributed by atoms with Gasteiger partial charge < -0.3 is 20.5 Å². The highest BCUT2D eigenvalue weighted by Gasteiger charge is 2.12. The van der Waals surface area contributed by atoms with Crippen molar-refractivity contribution in [3.05, 3.63) is 41.6 Å². The third-order valence-electron chi connectivity index (χ3n) is 2.98. The summed E-state index contributed by atoms with van der Waals surface area (Å²) in [5.74, 6) is 1.25. The number of nitrogen functional groups attached to an aromatic ring is 1. The van der Waals surface area contributed by atoms with Crippen molar-refractivity contribution in [3.63, 3.8) is 0 Å². The van der Waals surface area contributed by atoms with Crippen molar-refractivity contribution in [2.24, 2.45) is 0 Å². The normalized spacial score (nSPS) is 10.0. The van der Waals surface area contributed by atoms with Gasteiger partial charge in [0.15, 0.2) is 11.5 Å². The van der Waals surface area contributed by atoms with Gasteiger partial charge in [-0.15, -0.1) is 0 Å². The fourth-order valence-electron chi connectivity index (χ4n) is 1.88. The second kappa shape index (κ2) is 6.13. The number of pyridine rings is 1. The number of nitrogens with one attached hydrogen (secondary N) is 1. The molecule has 0 fully saturated rings. The number of benzene rings is 1. The Hall–Kier alpha value is -2.76. The Morgan fingerprint density at radius 1 is 1.19 bits per heavy atom. The maximum absolute atomic E-state index is 12.2. The number of carbonyl (C=O) groups excluding carboxylic acids is 1. The minimum absolute atomic E-state index is 0.281. The van der Waals surface area contributed by atoms with E-state index < -0.39 is 0 Å². The van der Waals surface area contributed by atoms with Crippen LogP contribution >= 0.6 is 0 Å². The molecule has 0 radical (unpaired) electrons. The third kappa shape index (κ3) is 3.22. The first kappa shape index (κ1) is 14.6. The number of rotatable bonds is 4. The van der Waals surface area contributed by atoms with E-state index in [9.17, 15) is 4.79 Å². The number of hydrogen-bond donors (Lipinski definition) is 2. The SMILES string of the molecule is COc1ccc(C(=O)Nc2ncc(N)cc2C)cc1OC. The van der Waals surface area contributed by atoms with Crippen molar-refractivity contribution in [1.29, 1.82) is 0 Å². The average Bonchev–Trinajstić information content (AvgIpc) is 2.49. The number of aryl methyl sites for hydroxylation is 1. The van der Waals surface area contributed by atoms with E-state index in [1.165, 1.54) is 13.3 Å². The van der Waals surface area contributed by atoms with Crippen molar-refractivity contribution in [2.75, 3.05) is 25.3 Å². The molecule has 1 amide bonds. The number of nitrogens with zero attached hydrogens (tertiary/aromatic N) is 1. The molecular weight excluding hydrogens is 270 g/mol. The molecule has 0 saturated heterocycles. The van der Waals surface area contributed by atoms with Crippen molar-refractivity contribution in [2.45, 2.75) is 6.92 Å². The molecule has 0 atom stereocenters. The van der Waals surface area contributed by atoms with Crippen molar-refractivity contribution in [3.8, 4) is 11.5 Å². The summed E-state index contributed by atoms with van der Waals surface area (Å²) in [5, 5.41) is 2.74. The monoisotopic (exact) mass is 287 g/mol. The highest BCUT2D eigenvalue weighted by Crippen LogP contribution is 2.28. The highest BCUT2D eigenvalue weighted by molar-refractivity contribution is 6.04. The van der Waals surface area contributed by atoms with Crippen LogP contribution in [0.5, 0.6) is 11.5 Å². The first-order valence-electron chi connectivity index (χ1n) is 6.30. The van der Waals surface area contributed by atoms with Gasteiger partial charge in [0.1, 0.15) is 5.82 Å². The van der Waals surface area contributed by atoms with E-state index >= 15 is 0 Å². The van der Waals surface area contributed by atoms with Crippen LogP contribution in [0, 0.1) is 6.92 Å². The van der Waals surface area contributed by atoms with Gasteiger partial charge >= 0.3 is 0 Å². The molecule has 0 saturated carbocycles. The molecule has 2 aromatic rings. The van der Waals surface area contributed by atoms with E-state index in [1.807, 2.05) is 6.92 Å². The van der Waals surface area contributed by atoms with E-state index in [4.69, 9.17) is 15.2 Å². The summed E-state index contributed by atoms with van der Waals surface area (Å²) in [7, 11) is 3.06. The zero-order chi connectivity index (χ0) is 15.4. The van der Waals surface area contributed by atoms with Gasteiger partial charge in [-0.1, -0.05) is 0 Å². The number of aromatic nitrogens is 1. The Labute approximate surface area is 122 Å². The van der Waals surface area contributed by atoms with E-state index in [2.05, 4.69) is 10.3 Å². The zero-order valence-electron chi connectivity index (χ0n) is 12.1.